The number of carbonyl (C=O) groups is 1. The first-order valence-corrected chi connectivity index (χ1v) is 5.98. The Morgan fingerprint density at radius 3 is 3.25 bits per heavy atom. The minimum atomic E-state index is -0.386. The lowest BCUT2D eigenvalue weighted by Gasteiger charge is -2.32. The highest BCUT2D eigenvalue weighted by atomic mass is 32.1. The maximum Gasteiger partial charge on any atom is 0.357 e. The van der Waals surface area contributed by atoms with Crippen LogP contribution in [0.25, 0.3) is 0 Å². The van der Waals surface area contributed by atoms with Crippen molar-refractivity contribution in [2.75, 3.05) is 31.8 Å². The Morgan fingerprint density at radius 2 is 2.56 bits per heavy atom. The van der Waals surface area contributed by atoms with Crippen LogP contribution in [0.1, 0.15) is 17.4 Å². The Bertz CT molecular complexity index is 380. The van der Waals surface area contributed by atoms with E-state index in [1.807, 2.05) is 0 Å². The second kappa shape index (κ2) is 4.80. The highest BCUT2D eigenvalue weighted by molar-refractivity contribution is 7.13. The highest BCUT2D eigenvalue weighted by Crippen LogP contribution is 2.24. The van der Waals surface area contributed by atoms with Gasteiger partial charge in [-0.2, -0.15) is 0 Å². The summed E-state index contributed by atoms with van der Waals surface area (Å²) in [6.45, 7) is 4.30. The van der Waals surface area contributed by atoms with Gasteiger partial charge in [0.1, 0.15) is 0 Å². The van der Waals surface area contributed by atoms with Gasteiger partial charge in [-0.15, -0.1) is 11.3 Å². The third-order valence-corrected chi connectivity index (χ3v) is 3.38. The molecule has 2 rings (SSSR count). The number of esters is 1. The molecule has 5 nitrogen and oxygen atoms in total. The van der Waals surface area contributed by atoms with Gasteiger partial charge in [0, 0.05) is 11.9 Å². The van der Waals surface area contributed by atoms with Gasteiger partial charge in [0.05, 0.1) is 26.4 Å². The van der Waals surface area contributed by atoms with E-state index in [0.29, 0.717) is 24.9 Å². The molecular weight excluding hydrogens is 228 g/mol. The molecule has 1 aromatic rings. The molecular formula is C10H14N2O3S. The number of morpholine rings is 1. The number of methoxy groups -OCH3 is 1. The van der Waals surface area contributed by atoms with Crippen LogP contribution in [-0.4, -0.2) is 43.9 Å². The summed E-state index contributed by atoms with van der Waals surface area (Å²) in [7, 11) is 1.36. The lowest BCUT2D eigenvalue weighted by atomic mass is 10.3. The van der Waals surface area contributed by atoms with E-state index < -0.39 is 0 Å². The number of hydrogen-bond donors (Lipinski definition) is 0. The minimum Gasteiger partial charge on any atom is -0.464 e. The van der Waals surface area contributed by atoms with Crippen LogP contribution in [0.15, 0.2) is 5.38 Å². The van der Waals surface area contributed by atoms with Crippen molar-refractivity contribution in [1.29, 1.82) is 0 Å². The summed E-state index contributed by atoms with van der Waals surface area (Å²) in [5.74, 6) is -0.386. The molecule has 6 heteroatoms. The molecule has 1 fully saturated rings. The van der Waals surface area contributed by atoms with Gasteiger partial charge in [0.15, 0.2) is 10.8 Å². The van der Waals surface area contributed by atoms with Crippen molar-refractivity contribution in [1.82, 2.24) is 4.98 Å². The Labute approximate surface area is 98.0 Å². The molecule has 0 radical (unpaired) electrons. The zero-order valence-electron chi connectivity index (χ0n) is 9.30. The van der Waals surface area contributed by atoms with Gasteiger partial charge in [-0.3, -0.25) is 0 Å². The summed E-state index contributed by atoms with van der Waals surface area (Å²) in [5.41, 5.74) is 0.376. The largest absolute Gasteiger partial charge is 0.464 e. The number of anilines is 1. The molecule has 1 aliphatic heterocycles. The summed E-state index contributed by atoms with van der Waals surface area (Å²) in [6, 6.07) is 0.297. The Morgan fingerprint density at radius 1 is 1.75 bits per heavy atom. The molecule has 0 amide bonds. The number of rotatable bonds is 2. The minimum absolute atomic E-state index is 0.297. The van der Waals surface area contributed by atoms with Crippen LogP contribution in [0.4, 0.5) is 5.13 Å². The van der Waals surface area contributed by atoms with E-state index in [-0.39, 0.29) is 5.97 Å². The fraction of sp³-hybridized carbons (Fsp3) is 0.600. The zero-order chi connectivity index (χ0) is 11.5. The Hall–Kier alpha value is -1.14. The first kappa shape index (κ1) is 11.3. The average Bonchev–Trinajstić information content (AvgIpc) is 2.78. The summed E-state index contributed by atoms with van der Waals surface area (Å²) in [4.78, 5) is 17.7. The van der Waals surface area contributed by atoms with Crippen molar-refractivity contribution in [3.8, 4) is 0 Å². The topological polar surface area (TPSA) is 51.7 Å². The Balaban J connectivity index is 2.14. The third-order valence-electron chi connectivity index (χ3n) is 2.50. The summed E-state index contributed by atoms with van der Waals surface area (Å²) in [5, 5.41) is 2.58. The van der Waals surface area contributed by atoms with Gasteiger partial charge in [-0.1, -0.05) is 0 Å². The SMILES string of the molecule is COC(=O)c1csc(N2CCOCC2C)n1. The van der Waals surface area contributed by atoms with Gasteiger partial charge in [-0.05, 0) is 6.92 Å². The van der Waals surface area contributed by atoms with Crippen molar-refractivity contribution >= 4 is 22.4 Å². The lowest BCUT2D eigenvalue weighted by molar-refractivity contribution is 0.0595. The molecule has 1 saturated heterocycles. The second-order valence-electron chi connectivity index (χ2n) is 3.62. The first-order valence-electron chi connectivity index (χ1n) is 5.10. The molecule has 1 atom stereocenters. The predicted octanol–water partition coefficient (Wildman–Crippen LogP) is 1.15. The molecule has 2 heterocycles. The highest BCUT2D eigenvalue weighted by Gasteiger charge is 2.22. The maximum absolute atomic E-state index is 11.3. The molecule has 1 aromatic heterocycles. The zero-order valence-corrected chi connectivity index (χ0v) is 10.1. The van der Waals surface area contributed by atoms with Gasteiger partial charge >= 0.3 is 5.97 Å². The number of thiazole rings is 1. The summed E-state index contributed by atoms with van der Waals surface area (Å²) >= 11 is 1.46. The maximum atomic E-state index is 11.3. The van der Waals surface area contributed by atoms with Crippen molar-refractivity contribution in [3.05, 3.63) is 11.1 Å². The van der Waals surface area contributed by atoms with E-state index in [9.17, 15) is 4.79 Å². The van der Waals surface area contributed by atoms with Crippen LogP contribution in [0.5, 0.6) is 0 Å². The molecule has 1 aliphatic rings. The van der Waals surface area contributed by atoms with Crippen molar-refractivity contribution in [2.45, 2.75) is 13.0 Å². The lowest BCUT2D eigenvalue weighted by Crippen LogP contribution is -2.43. The van der Waals surface area contributed by atoms with Crippen molar-refractivity contribution in [3.63, 3.8) is 0 Å². The predicted molar refractivity (Wildman–Crippen MR) is 61.1 cm³/mol. The van der Waals surface area contributed by atoms with E-state index in [0.717, 1.165) is 11.7 Å². The fourth-order valence-electron chi connectivity index (χ4n) is 1.61. The van der Waals surface area contributed by atoms with Crippen LogP contribution in [0.2, 0.25) is 0 Å². The number of aromatic nitrogens is 1. The van der Waals surface area contributed by atoms with Crippen LogP contribution in [0, 0.1) is 0 Å². The summed E-state index contributed by atoms with van der Waals surface area (Å²) < 4.78 is 9.98. The monoisotopic (exact) mass is 242 g/mol. The van der Waals surface area contributed by atoms with Crippen LogP contribution < -0.4 is 4.90 Å². The van der Waals surface area contributed by atoms with Gasteiger partial charge in [0.2, 0.25) is 0 Å². The quantitative estimate of drug-likeness (QED) is 0.728. The molecule has 1 unspecified atom stereocenters. The summed E-state index contributed by atoms with van der Waals surface area (Å²) in [6.07, 6.45) is 0. The van der Waals surface area contributed by atoms with E-state index >= 15 is 0 Å². The normalized spacial score (nSPS) is 20.9. The van der Waals surface area contributed by atoms with Crippen LogP contribution in [0.3, 0.4) is 0 Å². The van der Waals surface area contributed by atoms with Crippen LogP contribution >= 0.6 is 11.3 Å². The molecule has 0 aliphatic carbocycles. The molecule has 0 saturated carbocycles. The Kier molecular flexibility index (Phi) is 3.40. The van der Waals surface area contributed by atoms with E-state index in [1.165, 1.54) is 18.4 Å². The first-order chi connectivity index (χ1) is 7.72. The molecule has 16 heavy (non-hydrogen) atoms. The van der Waals surface area contributed by atoms with Crippen molar-refractivity contribution < 1.29 is 14.3 Å². The van der Waals surface area contributed by atoms with E-state index in [1.54, 1.807) is 5.38 Å². The third kappa shape index (κ3) is 2.17. The van der Waals surface area contributed by atoms with Gasteiger partial charge < -0.3 is 14.4 Å². The van der Waals surface area contributed by atoms with Crippen molar-refractivity contribution in [2.24, 2.45) is 0 Å². The number of carbonyl (C=O) groups excluding carboxylic acids is 1. The smallest absolute Gasteiger partial charge is 0.357 e. The fourth-order valence-corrected chi connectivity index (χ4v) is 2.53. The standard InChI is InChI=1S/C10H14N2O3S/c1-7-5-15-4-3-12(7)10-11-8(6-16-10)9(13)14-2/h6-7H,3-5H2,1-2H3. The average molecular weight is 242 g/mol. The second-order valence-corrected chi connectivity index (χ2v) is 4.46. The number of ether oxygens (including phenoxy) is 2. The van der Waals surface area contributed by atoms with E-state index in [2.05, 4.69) is 21.5 Å². The number of hydrogen-bond acceptors (Lipinski definition) is 6. The van der Waals surface area contributed by atoms with Gasteiger partial charge in [-0.25, -0.2) is 9.78 Å². The van der Waals surface area contributed by atoms with Crippen LogP contribution in [-0.2, 0) is 9.47 Å². The van der Waals surface area contributed by atoms with E-state index in [4.69, 9.17) is 4.74 Å². The molecule has 0 bridgehead atoms. The molecule has 88 valence electrons. The van der Waals surface area contributed by atoms with Gasteiger partial charge in [0.25, 0.3) is 0 Å². The molecule has 0 aromatic carbocycles. The number of nitrogens with zero attached hydrogens (tertiary/aromatic N) is 2. The molecule has 0 spiro atoms. The molecule has 0 N–H and O–H groups in total.